The molecular formula is C15H22N4O. The molecule has 108 valence electrons. The normalized spacial score (nSPS) is 15.8. The number of hydrogen-bond acceptors (Lipinski definition) is 4. The van der Waals surface area contributed by atoms with E-state index in [0.717, 1.165) is 12.4 Å². The molecule has 2 aromatic heterocycles. The molecule has 5 heteroatoms. The second kappa shape index (κ2) is 5.05. The summed E-state index contributed by atoms with van der Waals surface area (Å²) in [6, 6.07) is 2.12. The van der Waals surface area contributed by atoms with Crippen molar-refractivity contribution in [2.24, 2.45) is 0 Å². The third-order valence-corrected chi connectivity index (χ3v) is 3.38. The Morgan fingerprint density at radius 1 is 1.40 bits per heavy atom. The van der Waals surface area contributed by atoms with E-state index in [-0.39, 0.29) is 5.54 Å². The third kappa shape index (κ3) is 3.48. The summed E-state index contributed by atoms with van der Waals surface area (Å²) in [5.74, 6) is 2.11. The highest BCUT2D eigenvalue weighted by Crippen LogP contribution is 2.38. The second-order valence-electron chi connectivity index (χ2n) is 6.62. The van der Waals surface area contributed by atoms with Gasteiger partial charge in [-0.1, -0.05) is 5.16 Å². The molecular weight excluding hydrogens is 252 g/mol. The van der Waals surface area contributed by atoms with Gasteiger partial charge in [0.15, 0.2) is 5.82 Å². The fraction of sp³-hybridized carbons (Fsp3) is 0.600. The zero-order valence-corrected chi connectivity index (χ0v) is 12.4. The summed E-state index contributed by atoms with van der Waals surface area (Å²) in [5.41, 5.74) is 1.40. The largest absolute Gasteiger partial charge is 0.345 e. The molecule has 0 unspecified atom stereocenters. The van der Waals surface area contributed by atoms with Gasteiger partial charge in [-0.15, -0.1) is 0 Å². The van der Waals surface area contributed by atoms with Crippen molar-refractivity contribution in [2.45, 2.75) is 58.2 Å². The minimum atomic E-state index is 0.133. The SMILES string of the molecule is CC(C)(C)NCc1ccn(Cc2nc(C3CC3)no2)c1. The number of nitrogens with one attached hydrogen (secondary N) is 1. The van der Waals surface area contributed by atoms with Crippen LogP contribution in [0.1, 0.15) is 56.8 Å². The van der Waals surface area contributed by atoms with E-state index in [1.807, 2.05) is 0 Å². The molecule has 3 rings (SSSR count). The van der Waals surface area contributed by atoms with Crippen LogP contribution in [-0.2, 0) is 13.1 Å². The Labute approximate surface area is 119 Å². The van der Waals surface area contributed by atoms with Gasteiger partial charge in [0, 0.05) is 30.4 Å². The van der Waals surface area contributed by atoms with Crippen LogP contribution in [-0.4, -0.2) is 20.2 Å². The third-order valence-electron chi connectivity index (χ3n) is 3.38. The molecule has 1 saturated carbocycles. The van der Waals surface area contributed by atoms with Gasteiger partial charge in [-0.2, -0.15) is 4.98 Å². The summed E-state index contributed by atoms with van der Waals surface area (Å²) >= 11 is 0. The summed E-state index contributed by atoms with van der Waals surface area (Å²) in [4.78, 5) is 4.45. The Morgan fingerprint density at radius 2 is 2.20 bits per heavy atom. The van der Waals surface area contributed by atoms with Crippen LogP contribution < -0.4 is 5.32 Å². The van der Waals surface area contributed by atoms with Gasteiger partial charge in [0.2, 0.25) is 5.89 Å². The van der Waals surface area contributed by atoms with Gasteiger partial charge in [0.1, 0.15) is 6.54 Å². The standard InChI is InChI=1S/C15H22N4O/c1-15(2,3)16-8-11-6-7-19(9-11)10-13-17-14(18-20-13)12-4-5-12/h6-7,9,12,16H,4-5,8,10H2,1-3H3. The van der Waals surface area contributed by atoms with E-state index in [9.17, 15) is 0 Å². The molecule has 1 N–H and O–H groups in total. The molecule has 1 aliphatic rings. The lowest BCUT2D eigenvalue weighted by molar-refractivity contribution is 0.366. The van der Waals surface area contributed by atoms with Crippen LogP contribution >= 0.6 is 0 Å². The van der Waals surface area contributed by atoms with Crippen LogP contribution in [0.15, 0.2) is 23.0 Å². The number of hydrogen-bond donors (Lipinski definition) is 1. The lowest BCUT2D eigenvalue weighted by atomic mass is 10.1. The van der Waals surface area contributed by atoms with Crippen molar-refractivity contribution in [3.8, 4) is 0 Å². The molecule has 0 saturated heterocycles. The zero-order chi connectivity index (χ0) is 14.2. The molecule has 0 bridgehead atoms. The maximum Gasteiger partial charge on any atom is 0.246 e. The predicted octanol–water partition coefficient (Wildman–Crippen LogP) is 2.68. The fourth-order valence-electron chi connectivity index (χ4n) is 2.06. The lowest BCUT2D eigenvalue weighted by Gasteiger charge is -2.19. The molecule has 2 heterocycles. The molecule has 0 radical (unpaired) electrons. The lowest BCUT2D eigenvalue weighted by Crippen LogP contribution is -2.34. The monoisotopic (exact) mass is 274 g/mol. The topological polar surface area (TPSA) is 55.9 Å². The molecule has 1 aliphatic carbocycles. The number of nitrogens with zero attached hydrogens (tertiary/aromatic N) is 3. The van der Waals surface area contributed by atoms with Gasteiger partial charge in [-0.3, -0.25) is 0 Å². The minimum Gasteiger partial charge on any atom is -0.345 e. The van der Waals surface area contributed by atoms with Crippen molar-refractivity contribution in [3.63, 3.8) is 0 Å². The van der Waals surface area contributed by atoms with Crippen molar-refractivity contribution >= 4 is 0 Å². The van der Waals surface area contributed by atoms with Crippen LogP contribution in [0.2, 0.25) is 0 Å². The van der Waals surface area contributed by atoms with Crippen LogP contribution in [0, 0.1) is 0 Å². The summed E-state index contributed by atoms with van der Waals surface area (Å²) < 4.78 is 7.38. The zero-order valence-electron chi connectivity index (χ0n) is 12.4. The molecule has 2 aromatic rings. The van der Waals surface area contributed by atoms with Crippen LogP contribution in [0.25, 0.3) is 0 Å². The molecule has 20 heavy (non-hydrogen) atoms. The van der Waals surface area contributed by atoms with Crippen molar-refractivity contribution in [1.82, 2.24) is 20.0 Å². The number of aromatic nitrogens is 3. The van der Waals surface area contributed by atoms with Gasteiger partial charge < -0.3 is 14.4 Å². The van der Waals surface area contributed by atoms with Crippen molar-refractivity contribution in [3.05, 3.63) is 35.7 Å². The molecule has 0 atom stereocenters. The van der Waals surface area contributed by atoms with E-state index < -0.39 is 0 Å². The molecule has 0 amide bonds. The highest BCUT2D eigenvalue weighted by Gasteiger charge is 2.28. The predicted molar refractivity (Wildman–Crippen MR) is 76.4 cm³/mol. The van der Waals surface area contributed by atoms with E-state index >= 15 is 0 Å². The van der Waals surface area contributed by atoms with Crippen molar-refractivity contribution in [2.75, 3.05) is 0 Å². The Kier molecular flexibility index (Phi) is 3.38. The first-order valence-corrected chi connectivity index (χ1v) is 7.22. The summed E-state index contributed by atoms with van der Waals surface area (Å²) in [5, 5.41) is 7.52. The first-order valence-electron chi connectivity index (χ1n) is 7.22. The van der Waals surface area contributed by atoms with Gasteiger partial charge in [-0.05, 0) is 45.2 Å². The number of rotatable bonds is 5. The van der Waals surface area contributed by atoms with Crippen LogP contribution in [0.5, 0.6) is 0 Å². The second-order valence-corrected chi connectivity index (χ2v) is 6.62. The maximum atomic E-state index is 5.30. The minimum absolute atomic E-state index is 0.133. The van der Waals surface area contributed by atoms with Gasteiger partial charge in [0.05, 0.1) is 0 Å². The van der Waals surface area contributed by atoms with E-state index in [4.69, 9.17) is 4.52 Å². The summed E-state index contributed by atoms with van der Waals surface area (Å²) in [6.45, 7) is 8.02. The fourth-order valence-corrected chi connectivity index (χ4v) is 2.06. The average Bonchev–Trinajstić information content (AvgIpc) is 2.95. The summed E-state index contributed by atoms with van der Waals surface area (Å²) in [7, 11) is 0. The Morgan fingerprint density at radius 3 is 2.90 bits per heavy atom. The smallest absolute Gasteiger partial charge is 0.246 e. The Balaban J connectivity index is 1.58. The Hall–Kier alpha value is -1.62. The molecule has 0 aliphatic heterocycles. The van der Waals surface area contributed by atoms with Crippen molar-refractivity contribution in [1.29, 1.82) is 0 Å². The van der Waals surface area contributed by atoms with E-state index in [0.29, 0.717) is 18.4 Å². The van der Waals surface area contributed by atoms with Crippen LogP contribution in [0.3, 0.4) is 0 Å². The van der Waals surface area contributed by atoms with E-state index in [2.05, 4.69) is 59.3 Å². The Bertz CT molecular complexity index is 575. The quantitative estimate of drug-likeness (QED) is 0.910. The van der Waals surface area contributed by atoms with Gasteiger partial charge >= 0.3 is 0 Å². The van der Waals surface area contributed by atoms with E-state index in [1.54, 1.807) is 0 Å². The average molecular weight is 274 g/mol. The molecule has 0 spiro atoms. The van der Waals surface area contributed by atoms with Gasteiger partial charge in [-0.25, -0.2) is 0 Å². The molecule has 5 nitrogen and oxygen atoms in total. The van der Waals surface area contributed by atoms with Crippen molar-refractivity contribution < 1.29 is 4.52 Å². The first-order chi connectivity index (χ1) is 9.49. The van der Waals surface area contributed by atoms with Gasteiger partial charge in [0.25, 0.3) is 0 Å². The molecule has 0 aromatic carbocycles. The molecule has 1 fully saturated rings. The van der Waals surface area contributed by atoms with Crippen LogP contribution in [0.4, 0.5) is 0 Å². The van der Waals surface area contributed by atoms with E-state index in [1.165, 1.54) is 18.4 Å². The first kappa shape index (κ1) is 13.4. The highest BCUT2D eigenvalue weighted by atomic mass is 16.5. The highest BCUT2D eigenvalue weighted by molar-refractivity contribution is 5.11. The maximum absolute atomic E-state index is 5.30. The summed E-state index contributed by atoms with van der Waals surface area (Å²) in [6.07, 6.45) is 6.58.